The summed E-state index contributed by atoms with van der Waals surface area (Å²) in [5.41, 5.74) is 0.517. The molecule has 0 aliphatic carbocycles. The Labute approximate surface area is 106 Å². The smallest absolute Gasteiger partial charge is 0.338 e. The van der Waals surface area contributed by atoms with Crippen molar-refractivity contribution >= 4 is 18.6 Å². The van der Waals surface area contributed by atoms with Gasteiger partial charge in [-0.2, -0.15) is 17.7 Å². The first-order valence-electron chi connectivity index (χ1n) is 5.58. The zero-order chi connectivity index (χ0) is 12.3. The van der Waals surface area contributed by atoms with E-state index in [1.165, 1.54) is 0 Å². The third-order valence-corrected chi connectivity index (χ3v) is 3.38. The molecule has 0 saturated carbocycles. The first-order chi connectivity index (χ1) is 8.18. The van der Waals surface area contributed by atoms with Gasteiger partial charge in [-0.05, 0) is 25.0 Å². The summed E-state index contributed by atoms with van der Waals surface area (Å²) in [7, 11) is 0. The maximum atomic E-state index is 11.8. The van der Waals surface area contributed by atoms with Crippen molar-refractivity contribution in [1.29, 1.82) is 0 Å². The fourth-order valence-electron chi connectivity index (χ4n) is 1.83. The Kier molecular flexibility index (Phi) is 4.04. The molecule has 1 aliphatic rings. The molecule has 1 aliphatic heterocycles. The molecular weight excluding hydrogens is 238 g/mol. The lowest BCUT2D eigenvalue weighted by molar-refractivity contribution is -0.146. The number of hydrogen-bond acceptors (Lipinski definition) is 5. The Morgan fingerprint density at radius 1 is 1.41 bits per heavy atom. The van der Waals surface area contributed by atoms with Crippen LogP contribution in [0, 0.1) is 0 Å². The maximum Gasteiger partial charge on any atom is 0.338 e. The highest BCUT2D eigenvalue weighted by Crippen LogP contribution is 2.22. The van der Waals surface area contributed by atoms with Gasteiger partial charge in [0.15, 0.2) is 0 Å². The van der Waals surface area contributed by atoms with E-state index in [1.54, 1.807) is 24.3 Å². The van der Waals surface area contributed by atoms with Gasteiger partial charge >= 0.3 is 5.97 Å². The molecule has 2 atom stereocenters. The molecule has 2 rings (SSSR count). The number of benzene rings is 1. The summed E-state index contributed by atoms with van der Waals surface area (Å²) in [6.07, 6.45) is 1.15. The Balaban J connectivity index is 1.99. The molecule has 0 aromatic heterocycles. The van der Waals surface area contributed by atoms with Crippen LogP contribution in [0.4, 0.5) is 0 Å². The average molecular weight is 253 g/mol. The lowest BCUT2D eigenvalue weighted by atomic mass is 10.1. The van der Waals surface area contributed by atoms with E-state index >= 15 is 0 Å². The molecule has 1 aromatic rings. The minimum Gasteiger partial charge on any atom is -0.456 e. The van der Waals surface area contributed by atoms with Crippen LogP contribution < -0.4 is 0 Å². The summed E-state index contributed by atoms with van der Waals surface area (Å²) in [4.78, 5) is 11.8. The van der Waals surface area contributed by atoms with Crippen LogP contribution in [0.25, 0.3) is 0 Å². The molecule has 4 nitrogen and oxygen atoms in total. The molecule has 0 bridgehead atoms. The van der Waals surface area contributed by atoms with Gasteiger partial charge in [0.1, 0.15) is 11.5 Å². The van der Waals surface area contributed by atoms with Crippen LogP contribution >= 0.6 is 12.6 Å². The van der Waals surface area contributed by atoms with Crippen LogP contribution in [0.1, 0.15) is 23.2 Å². The van der Waals surface area contributed by atoms with E-state index in [9.17, 15) is 10.0 Å². The van der Waals surface area contributed by atoms with Crippen molar-refractivity contribution in [2.45, 2.75) is 24.3 Å². The van der Waals surface area contributed by atoms with Gasteiger partial charge in [0.2, 0.25) is 0 Å². The van der Waals surface area contributed by atoms with Gasteiger partial charge < -0.3 is 9.94 Å². The molecule has 17 heavy (non-hydrogen) atoms. The predicted molar refractivity (Wildman–Crippen MR) is 66.1 cm³/mol. The zero-order valence-corrected chi connectivity index (χ0v) is 10.2. The molecule has 1 heterocycles. The molecule has 92 valence electrons. The number of carbonyl (C=O) groups excluding carboxylic acids is 1. The molecule has 0 amide bonds. The summed E-state index contributed by atoms with van der Waals surface area (Å²) >= 11 is 4.24. The molecule has 1 N–H and O–H groups in total. The van der Waals surface area contributed by atoms with Crippen LogP contribution in [0.3, 0.4) is 0 Å². The number of carbonyl (C=O) groups is 1. The molecule has 5 heteroatoms. The Morgan fingerprint density at radius 2 is 2.12 bits per heavy atom. The second kappa shape index (κ2) is 5.53. The van der Waals surface area contributed by atoms with E-state index in [1.807, 2.05) is 6.07 Å². The Morgan fingerprint density at radius 3 is 2.82 bits per heavy atom. The molecule has 0 spiro atoms. The van der Waals surface area contributed by atoms with Crippen LogP contribution in [0.2, 0.25) is 0 Å². The van der Waals surface area contributed by atoms with Gasteiger partial charge in [0.05, 0.1) is 5.56 Å². The zero-order valence-electron chi connectivity index (χ0n) is 9.32. The van der Waals surface area contributed by atoms with Crippen molar-refractivity contribution in [3.8, 4) is 0 Å². The SMILES string of the molecule is O=C(OC1CCCN(O)C1S)c1ccccc1. The highest BCUT2D eigenvalue weighted by Gasteiger charge is 2.30. The van der Waals surface area contributed by atoms with Crippen molar-refractivity contribution in [2.24, 2.45) is 0 Å². The first-order valence-corrected chi connectivity index (χ1v) is 6.10. The number of ether oxygens (including phenoxy) is 1. The summed E-state index contributed by atoms with van der Waals surface area (Å²) < 4.78 is 5.34. The van der Waals surface area contributed by atoms with Crippen LogP contribution in [-0.4, -0.2) is 34.3 Å². The first kappa shape index (κ1) is 12.4. The number of rotatable bonds is 2. The maximum absolute atomic E-state index is 11.8. The minimum atomic E-state index is -0.448. The monoisotopic (exact) mass is 253 g/mol. The van der Waals surface area contributed by atoms with E-state index < -0.39 is 5.37 Å². The van der Waals surface area contributed by atoms with Gasteiger partial charge in [0, 0.05) is 6.54 Å². The van der Waals surface area contributed by atoms with Crippen LogP contribution in [-0.2, 0) is 4.74 Å². The van der Waals surface area contributed by atoms with Gasteiger partial charge in [-0.3, -0.25) is 0 Å². The quantitative estimate of drug-likeness (QED) is 0.625. The molecular formula is C12H15NO3S. The van der Waals surface area contributed by atoms with Crippen LogP contribution in [0.15, 0.2) is 30.3 Å². The number of nitrogens with zero attached hydrogens (tertiary/aromatic N) is 1. The number of thiol groups is 1. The molecule has 1 fully saturated rings. The number of piperidine rings is 1. The molecule has 1 aromatic carbocycles. The van der Waals surface area contributed by atoms with Crippen LogP contribution in [0.5, 0.6) is 0 Å². The fourth-order valence-corrected chi connectivity index (χ4v) is 2.15. The predicted octanol–water partition coefficient (Wildman–Crippen LogP) is 1.95. The highest BCUT2D eigenvalue weighted by molar-refractivity contribution is 7.80. The second-order valence-electron chi connectivity index (χ2n) is 4.03. The summed E-state index contributed by atoms with van der Waals surface area (Å²) in [6.45, 7) is 0.563. The summed E-state index contributed by atoms with van der Waals surface area (Å²) in [5, 5.41) is 10.2. The number of hydroxylamine groups is 2. The average Bonchev–Trinajstić information content (AvgIpc) is 2.36. The van der Waals surface area contributed by atoms with E-state index in [4.69, 9.17) is 4.74 Å². The standard InChI is InChI=1S/C12H15NO3S/c14-12(9-5-2-1-3-6-9)16-10-7-4-8-13(15)11(10)17/h1-3,5-6,10-11,15,17H,4,7-8H2. The third-order valence-electron chi connectivity index (χ3n) is 2.78. The Bertz CT molecular complexity index is 385. The largest absolute Gasteiger partial charge is 0.456 e. The fraction of sp³-hybridized carbons (Fsp3) is 0.417. The van der Waals surface area contributed by atoms with Crippen molar-refractivity contribution in [3.63, 3.8) is 0 Å². The summed E-state index contributed by atoms with van der Waals surface area (Å²) in [5.74, 6) is -0.370. The number of hydrogen-bond donors (Lipinski definition) is 2. The van der Waals surface area contributed by atoms with E-state index in [0.29, 0.717) is 12.1 Å². The van der Waals surface area contributed by atoms with Gasteiger partial charge in [0.25, 0.3) is 0 Å². The van der Waals surface area contributed by atoms with Gasteiger partial charge in [-0.25, -0.2) is 4.79 Å². The van der Waals surface area contributed by atoms with E-state index in [2.05, 4.69) is 12.6 Å². The second-order valence-corrected chi connectivity index (χ2v) is 4.56. The lowest BCUT2D eigenvalue weighted by Crippen LogP contribution is -2.44. The molecule has 2 unspecified atom stereocenters. The van der Waals surface area contributed by atoms with Crippen molar-refractivity contribution < 1.29 is 14.7 Å². The van der Waals surface area contributed by atoms with Crippen molar-refractivity contribution in [1.82, 2.24) is 5.06 Å². The number of esters is 1. The third kappa shape index (κ3) is 3.00. The topological polar surface area (TPSA) is 49.8 Å². The molecule has 1 saturated heterocycles. The molecule has 0 radical (unpaired) electrons. The van der Waals surface area contributed by atoms with Crippen molar-refractivity contribution in [2.75, 3.05) is 6.54 Å². The normalized spacial score (nSPS) is 25.5. The summed E-state index contributed by atoms with van der Waals surface area (Å²) in [6, 6.07) is 8.82. The van der Waals surface area contributed by atoms with E-state index in [-0.39, 0.29) is 12.1 Å². The lowest BCUT2D eigenvalue weighted by Gasteiger charge is -2.33. The highest BCUT2D eigenvalue weighted by atomic mass is 32.1. The Hall–Kier alpha value is -1.04. The minimum absolute atomic E-state index is 0.370. The van der Waals surface area contributed by atoms with Crippen molar-refractivity contribution in [3.05, 3.63) is 35.9 Å². The van der Waals surface area contributed by atoms with E-state index in [0.717, 1.165) is 17.9 Å². The van der Waals surface area contributed by atoms with Gasteiger partial charge in [-0.15, -0.1) is 0 Å². The van der Waals surface area contributed by atoms with Gasteiger partial charge in [-0.1, -0.05) is 18.2 Å².